The molecule has 3 aromatic rings. The third kappa shape index (κ3) is 7.07. The Labute approximate surface area is 203 Å². The largest absolute Gasteiger partial charge is 0.508 e. The molecule has 0 saturated carbocycles. The minimum absolute atomic E-state index is 0.0526. The molecule has 3 unspecified atom stereocenters. The number of nitrogens with one attached hydrogen (secondary N) is 3. The van der Waals surface area contributed by atoms with Gasteiger partial charge in [0, 0.05) is 23.5 Å². The SMILES string of the molecule is CC(C)CC(NC(=O)C(Cc1c[nH]c2ccccc12)NC(=O)C(N)Cc1ccc(O)cc1)C(=O)O. The number of phenolic OH excluding ortho intramolecular Hbond substituents is 1. The van der Waals surface area contributed by atoms with Crippen molar-refractivity contribution in [3.05, 3.63) is 65.9 Å². The molecule has 0 aliphatic rings. The highest BCUT2D eigenvalue weighted by atomic mass is 16.4. The molecule has 7 N–H and O–H groups in total. The fourth-order valence-electron chi connectivity index (χ4n) is 3.95. The number of fused-ring (bicyclic) bond motifs is 1. The third-order valence-electron chi connectivity index (χ3n) is 5.78. The Hall–Kier alpha value is -3.85. The molecule has 0 aliphatic carbocycles. The fraction of sp³-hybridized carbons (Fsp3) is 0.346. The van der Waals surface area contributed by atoms with E-state index in [4.69, 9.17) is 5.73 Å². The van der Waals surface area contributed by atoms with Gasteiger partial charge in [-0.05, 0) is 48.1 Å². The molecule has 0 aliphatic heterocycles. The number of hydrogen-bond donors (Lipinski definition) is 6. The number of aromatic hydroxyl groups is 1. The third-order valence-corrected chi connectivity index (χ3v) is 5.78. The number of H-pyrrole nitrogens is 1. The number of aliphatic carboxylic acids is 1. The number of aromatic nitrogens is 1. The number of aromatic amines is 1. The van der Waals surface area contributed by atoms with Crippen LogP contribution in [0.25, 0.3) is 10.9 Å². The summed E-state index contributed by atoms with van der Waals surface area (Å²) in [6.45, 7) is 3.74. The van der Waals surface area contributed by atoms with Crippen molar-refractivity contribution < 1.29 is 24.6 Å². The summed E-state index contributed by atoms with van der Waals surface area (Å²) in [5, 5.41) is 25.2. The second-order valence-electron chi connectivity index (χ2n) is 9.13. The molecular formula is C26H32N4O5. The standard InChI is InChI=1S/C26H32N4O5/c1-15(2)11-23(26(34)35)30-25(33)22(13-17-14-28-21-6-4-3-5-19(17)21)29-24(32)20(27)12-16-7-9-18(31)10-8-16/h3-10,14-15,20,22-23,28,31H,11-13,27H2,1-2H3,(H,29,32)(H,30,33)(H,34,35). The van der Waals surface area contributed by atoms with Crippen LogP contribution in [-0.4, -0.2) is 51.1 Å². The Bertz CT molecular complexity index is 1170. The minimum Gasteiger partial charge on any atom is -0.508 e. The number of rotatable bonds is 11. The molecule has 186 valence electrons. The molecule has 0 radical (unpaired) electrons. The number of carbonyl (C=O) groups is 3. The molecule has 9 nitrogen and oxygen atoms in total. The van der Waals surface area contributed by atoms with Crippen LogP contribution in [0, 0.1) is 5.92 Å². The van der Waals surface area contributed by atoms with E-state index in [1.165, 1.54) is 12.1 Å². The van der Waals surface area contributed by atoms with Crippen LogP contribution in [-0.2, 0) is 27.2 Å². The molecular weight excluding hydrogens is 448 g/mol. The molecule has 2 aromatic carbocycles. The van der Waals surface area contributed by atoms with Crippen LogP contribution in [0.4, 0.5) is 0 Å². The van der Waals surface area contributed by atoms with Crippen LogP contribution in [0.2, 0.25) is 0 Å². The van der Waals surface area contributed by atoms with Gasteiger partial charge in [-0.3, -0.25) is 9.59 Å². The van der Waals surface area contributed by atoms with Crippen LogP contribution in [0.1, 0.15) is 31.4 Å². The maximum Gasteiger partial charge on any atom is 0.326 e. The number of nitrogens with two attached hydrogens (primary N) is 1. The van der Waals surface area contributed by atoms with E-state index in [2.05, 4.69) is 15.6 Å². The Balaban J connectivity index is 1.79. The summed E-state index contributed by atoms with van der Waals surface area (Å²) in [6, 6.07) is 10.9. The van der Waals surface area contributed by atoms with Crippen molar-refractivity contribution in [2.24, 2.45) is 11.7 Å². The van der Waals surface area contributed by atoms with E-state index in [1.54, 1.807) is 18.3 Å². The van der Waals surface area contributed by atoms with E-state index in [0.29, 0.717) is 0 Å². The normalized spacial score (nSPS) is 13.8. The first kappa shape index (κ1) is 25.8. The monoisotopic (exact) mass is 480 g/mol. The molecule has 3 atom stereocenters. The van der Waals surface area contributed by atoms with Gasteiger partial charge >= 0.3 is 5.97 Å². The van der Waals surface area contributed by atoms with Crippen molar-refractivity contribution in [3.8, 4) is 5.75 Å². The van der Waals surface area contributed by atoms with Crippen molar-refractivity contribution in [2.45, 2.75) is 51.2 Å². The van der Waals surface area contributed by atoms with Crippen LogP contribution in [0.5, 0.6) is 5.75 Å². The quantitative estimate of drug-likeness (QED) is 0.247. The number of para-hydroxylation sites is 1. The van der Waals surface area contributed by atoms with Crippen LogP contribution in [0.15, 0.2) is 54.7 Å². The number of hydrogen-bond acceptors (Lipinski definition) is 5. The lowest BCUT2D eigenvalue weighted by atomic mass is 10.0. The topological polar surface area (TPSA) is 158 Å². The first-order valence-electron chi connectivity index (χ1n) is 11.6. The maximum atomic E-state index is 13.2. The van der Waals surface area contributed by atoms with E-state index in [-0.39, 0.29) is 30.9 Å². The molecule has 0 bridgehead atoms. The predicted octanol–water partition coefficient (Wildman–Crippen LogP) is 2.09. The molecule has 1 aromatic heterocycles. The van der Waals surface area contributed by atoms with E-state index in [0.717, 1.165) is 22.0 Å². The van der Waals surface area contributed by atoms with E-state index in [1.807, 2.05) is 38.1 Å². The van der Waals surface area contributed by atoms with Gasteiger partial charge in [-0.2, -0.15) is 0 Å². The zero-order valence-electron chi connectivity index (χ0n) is 19.8. The number of carboxylic acid groups (broad SMARTS) is 1. The predicted molar refractivity (Wildman–Crippen MR) is 133 cm³/mol. The van der Waals surface area contributed by atoms with Gasteiger partial charge in [0.1, 0.15) is 17.8 Å². The Morgan fingerprint density at radius 3 is 2.26 bits per heavy atom. The molecule has 0 fully saturated rings. The fourth-order valence-corrected chi connectivity index (χ4v) is 3.95. The lowest BCUT2D eigenvalue weighted by molar-refractivity contribution is -0.142. The number of carbonyl (C=O) groups excluding carboxylic acids is 2. The Morgan fingerprint density at radius 1 is 0.943 bits per heavy atom. The average molecular weight is 481 g/mol. The number of carboxylic acids is 1. The summed E-state index contributed by atoms with van der Waals surface area (Å²) in [7, 11) is 0. The molecule has 3 rings (SSSR count). The van der Waals surface area contributed by atoms with Gasteiger partial charge in [0.25, 0.3) is 0 Å². The van der Waals surface area contributed by atoms with Crippen LogP contribution < -0.4 is 16.4 Å². The van der Waals surface area contributed by atoms with Gasteiger partial charge in [-0.1, -0.05) is 44.2 Å². The zero-order valence-corrected chi connectivity index (χ0v) is 19.8. The molecule has 0 spiro atoms. The first-order valence-corrected chi connectivity index (χ1v) is 11.6. The average Bonchev–Trinajstić information content (AvgIpc) is 3.22. The van der Waals surface area contributed by atoms with Crippen molar-refractivity contribution in [1.82, 2.24) is 15.6 Å². The number of amides is 2. The summed E-state index contributed by atoms with van der Waals surface area (Å²) < 4.78 is 0. The van der Waals surface area contributed by atoms with Gasteiger partial charge in [0.15, 0.2) is 0 Å². The van der Waals surface area contributed by atoms with Gasteiger partial charge < -0.3 is 31.6 Å². The highest BCUT2D eigenvalue weighted by Gasteiger charge is 2.29. The van der Waals surface area contributed by atoms with E-state index < -0.39 is 35.9 Å². The van der Waals surface area contributed by atoms with Gasteiger partial charge in [0.2, 0.25) is 11.8 Å². The molecule has 1 heterocycles. The smallest absolute Gasteiger partial charge is 0.326 e. The lowest BCUT2D eigenvalue weighted by Gasteiger charge is -2.23. The van der Waals surface area contributed by atoms with E-state index in [9.17, 15) is 24.6 Å². The summed E-state index contributed by atoms with van der Waals surface area (Å²) in [4.78, 5) is 41.0. The van der Waals surface area contributed by atoms with Crippen molar-refractivity contribution in [1.29, 1.82) is 0 Å². The zero-order chi connectivity index (χ0) is 25.5. The Morgan fingerprint density at radius 2 is 1.60 bits per heavy atom. The molecule has 2 amide bonds. The second-order valence-corrected chi connectivity index (χ2v) is 9.13. The summed E-state index contributed by atoms with van der Waals surface area (Å²) >= 11 is 0. The first-order chi connectivity index (χ1) is 16.6. The summed E-state index contributed by atoms with van der Waals surface area (Å²) in [6.07, 6.45) is 2.39. The van der Waals surface area contributed by atoms with Gasteiger partial charge in [-0.25, -0.2) is 4.79 Å². The molecule has 0 saturated heterocycles. The highest BCUT2D eigenvalue weighted by molar-refractivity contribution is 5.93. The number of benzene rings is 2. The van der Waals surface area contributed by atoms with Crippen molar-refractivity contribution >= 4 is 28.7 Å². The van der Waals surface area contributed by atoms with Gasteiger partial charge in [-0.15, -0.1) is 0 Å². The Kier molecular flexibility index (Phi) is 8.48. The summed E-state index contributed by atoms with van der Waals surface area (Å²) in [5.41, 5.74) is 8.56. The van der Waals surface area contributed by atoms with Crippen molar-refractivity contribution in [2.75, 3.05) is 0 Å². The highest BCUT2D eigenvalue weighted by Crippen LogP contribution is 2.19. The van der Waals surface area contributed by atoms with Crippen molar-refractivity contribution in [3.63, 3.8) is 0 Å². The van der Waals surface area contributed by atoms with Crippen LogP contribution in [0.3, 0.4) is 0 Å². The maximum absolute atomic E-state index is 13.2. The second kappa shape index (κ2) is 11.5. The number of phenols is 1. The molecule has 35 heavy (non-hydrogen) atoms. The molecule has 9 heteroatoms. The summed E-state index contributed by atoms with van der Waals surface area (Å²) in [5.74, 6) is -2.09. The van der Waals surface area contributed by atoms with Gasteiger partial charge in [0.05, 0.1) is 6.04 Å². The minimum atomic E-state index is -1.13. The van der Waals surface area contributed by atoms with Crippen LogP contribution >= 0.6 is 0 Å². The lowest BCUT2D eigenvalue weighted by Crippen LogP contribution is -2.55. The van der Waals surface area contributed by atoms with E-state index >= 15 is 0 Å².